The van der Waals surface area contributed by atoms with Gasteiger partial charge in [0, 0.05) is 6.54 Å². The van der Waals surface area contributed by atoms with Crippen LogP contribution >= 0.6 is 0 Å². The number of carbonyl (C=O) groups is 4. The van der Waals surface area contributed by atoms with E-state index in [1.54, 1.807) is 6.92 Å². The molecule has 6 aliphatic rings. The summed E-state index contributed by atoms with van der Waals surface area (Å²) in [6, 6.07) is -0.454. The maximum absolute atomic E-state index is 13.3. The van der Waals surface area contributed by atoms with Crippen LogP contribution in [0.3, 0.4) is 0 Å². The number of amides is 4. The molecule has 4 saturated carbocycles. The summed E-state index contributed by atoms with van der Waals surface area (Å²) in [6.07, 6.45) is 7.72. The van der Waals surface area contributed by atoms with Gasteiger partial charge in [-0.25, -0.2) is 14.6 Å². The fourth-order valence-corrected chi connectivity index (χ4v) is 7.22. The lowest BCUT2D eigenvalue weighted by Crippen LogP contribution is -2.62. The quantitative estimate of drug-likeness (QED) is 0.386. The van der Waals surface area contributed by atoms with Gasteiger partial charge in [0.1, 0.15) is 0 Å². The van der Waals surface area contributed by atoms with Crippen molar-refractivity contribution in [2.45, 2.75) is 63.8 Å². The first kappa shape index (κ1) is 20.0. The number of urea groups is 1. The van der Waals surface area contributed by atoms with Gasteiger partial charge < -0.3 is 4.74 Å². The van der Waals surface area contributed by atoms with Gasteiger partial charge in [-0.2, -0.15) is 0 Å². The zero-order chi connectivity index (χ0) is 21.0. The van der Waals surface area contributed by atoms with Crippen molar-refractivity contribution >= 4 is 23.8 Å². The number of piperidine rings is 1. The predicted octanol–water partition coefficient (Wildman–Crippen LogP) is 1.98. The maximum atomic E-state index is 13.3. The van der Waals surface area contributed by atoms with Crippen molar-refractivity contribution < 1.29 is 23.9 Å². The highest BCUT2D eigenvalue weighted by Crippen LogP contribution is 2.58. The number of hydrogen-bond acceptors (Lipinski definition) is 6. The summed E-state index contributed by atoms with van der Waals surface area (Å²) in [5.41, 5.74) is -0.456. The molecule has 0 aromatic rings. The highest BCUT2D eigenvalue weighted by Gasteiger charge is 2.61. The molecule has 8 heteroatoms. The summed E-state index contributed by atoms with van der Waals surface area (Å²) in [6.45, 7) is 3.33. The first-order chi connectivity index (χ1) is 14.4. The van der Waals surface area contributed by atoms with Crippen LogP contribution in [-0.2, 0) is 19.1 Å². The number of hydrogen-bond donors (Lipinski definition) is 0. The molecule has 0 radical (unpaired) electrons. The summed E-state index contributed by atoms with van der Waals surface area (Å²) >= 11 is 0. The first-order valence-corrected chi connectivity index (χ1v) is 11.5. The van der Waals surface area contributed by atoms with Gasteiger partial charge >= 0.3 is 23.8 Å². The summed E-state index contributed by atoms with van der Waals surface area (Å²) in [7, 11) is 0. The summed E-state index contributed by atoms with van der Waals surface area (Å²) in [5.74, 6) is -0.112. The van der Waals surface area contributed by atoms with Gasteiger partial charge in [-0.05, 0) is 82.6 Å². The maximum Gasteiger partial charge on any atom is 0.335 e. The Morgan fingerprint density at radius 3 is 2.27 bits per heavy atom. The van der Waals surface area contributed by atoms with E-state index in [-0.39, 0.29) is 18.6 Å². The van der Waals surface area contributed by atoms with E-state index in [9.17, 15) is 19.2 Å². The molecule has 4 amide bonds. The van der Waals surface area contributed by atoms with Crippen LogP contribution in [0.25, 0.3) is 0 Å². The number of imide groups is 2. The van der Waals surface area contributed by atoms with Gasteiger partial charge in [0.2, 0.25) is 0 Å². The van der Waals surface area contributed by atoms with Crippen molar-refractivity contribution in [3.63, 3.8) is 0 Å². The van der Waals surface area contributed by atoms with Crippen LogP contribution in [0.2, 0.25) is 0 Å². The second-order valence-electron chi connectivity index (χ2n) is 10.1. The van der Waals surface area contributed by atoms with Crippen LogP contribution in [0, 0.1) is 23.7 Å². The van der Waals surface area contributed by atoms with Gasteiger partial charge in [-0.15, -0.1) is 0 Å². The Bertz CT molecular complexity index is 745. The SMILES string of the molecule is CCOC(=O)[C@H]1CCCN(CN2C(=O)C(=O)N(C34CC5CC(CC(C5)C3)C4)C2=O)C1. The van der Waals surface area contributed by atoms with Crippen molar-refractivity contribution in [3.8, 4) is 0 Å². The standard InChI is InChI=1S/C22H31N3O5/c1-2-30-20(28)17-4-3-5-23(12-17)13-24-18(26)19(27)25(21(24)29)22-9-14-6-15(10-22)8-16(7-14)11-22/h14-17H,2-13H2,1H3/t14?,15?,16?,17-,22?/m0/s1. The molecule has 2 saturated heterocycles. The lowest BCUT2D eigenvalue weighted by atomic mass is 9.52. The minimum atomic E-state index is -0.714. The molecular weight excluding hydrogens is 386 g/mol. The third kappa shape index (κ3) is 3.15. The van der Waals surface area contributed by atoms with Crippen LogP contribution in [0.1, 0.15) is 58.3 Å². The highest BCUT2D eigenvalue weighted by atomic mass is 16.5. The molecule has 164 valence electrons. The van der Waals surface area contributed by atoms with Gasteiger partial charge in [-0.3, -0.25) is 19.3 Å². The zero-order valence-corrected chi connectivity index (χ0v) is 17.7. The molecule has 0 aromatic carbocycles. The Labute approximate surface area is 176 Å². The first-order valence-electron chi connectivity index (χ1n) is 11.5. The minimum absolute atomic E-state index is 0.0716. The summed E-state index contributed by atoms with van der Waals surface area (Å²) in [4.78, 5) is 55.6. The lowest BCUT2D eigenvalue weighted by Gasteiger charge is -2.58. The van der Waals surface area contributed by atoms with Crippen molar-refractivity contribution in [3.05, 3.63) is 0 Å². The van der Waals surface area contributed by atoms with Gasteiger partial charge in [0.25, 0.3) is 0 Å². The van der Waals surface area contributed by atoms with Gasteiger partial charge in [-0.1, -0.05) is 0 Å². The van der Waals surface area contributed by atoms with E-state index >= 15 is 0 Å². The molecule has 0 N–H and O–H groups in total. The molecule has 0 spiro atoms. The molecule has 6 rings (SSSR count). The molecule has 0 unspecified atom stereocenters. The third-order valence-electron chi connectivity index (χ3n) is 8.00. The second-order valence-corrected chi connectivity index (χ2v) is 10.1. The van der Waals surface area contributed by atoms with Crippen LogP contribution in [0.15, 0.2) is 0 Å². The molecule has 8 nitrogen and oxygen atoms in total. The monoisotopic (exact) mass is 417 g/mol. The molecule has 30 heavy (non-hydrogen) atoms. The molecular formula is C22H31N3O5. The van der Waals surface area contributed by atoms with Crippen LogP contribution in [0.4, 0.5) is 4.79 Å². The van der Waals surface area contributed by atoms with Crippen molar-refractivity contribution in [1.82, 2.24) is 14.7 Å². The van der Waals surface area contributed by atoms with E-state index in [1.807, 2.05) is 4.90 Å². The molecule has 1 atom stereocenters. The normalized spacial score (nSPS) is 38.6. The lowest BCUT2D eigenvalue weighted by molar-refractivity contribution is -0.151. The number of ether oxygens (including phenoxy) is 1. The fraction of sp³-hybridized carbons (Fsp3) is 0.818. The van der Waals surface area contributed by atoms with E-state index in [4.69, 9.17) is 4.74 Å². The number of nitrogens with zero attached hydrogens (tertiary/aromatic N) is 3. The highest BCUT2D eigenvalue weighted by molar-refractivity contribution is 6.44. The third-order valence-corrected chi connectivity index (χ3v) is 8.00. The summed E-state index contributed by atoms with van der Waals surface area (Å²) < 4.78 is 5.14. The van der Waals surface area contributed by atoms with Gasteiger partial charge in [0.05, 0.1) is 24.7 Å². The predicted molar refractivity (Wildman–Crippen MR) is 106 cm³/mol. The Hall–Kier alpha value is -1.96. The molecule has 4 aliphatic carbocycles. The van der Waals surface area contributed by atoms with Crippen molar-refractivity contribution in [2.24, 2.45) is 23.7 Å². The van der Waals surface area contributed by atoms with Crippen molar-refractivity contribution in [2.75, 3.05) is 26.4 Å². The fourth-order valence-electron chi connectivity index (χ4n) is 7.22. The Kier molecular flexibility index (Phi) is 4.87. The topological polar surface area (TPSA) is 87.2 Å². The van der Waals surface area contributed by atoms with E-state index in [1.165, 1.54) is 24.2 Å². The van der Waals surface area contributed by atoms with E-state index in [2.05, 4.69) is 0 Å². The van der Waals surface area contributed by atoms with Crippen LogP contribution < -0.4 is 0 Å². The largest absolute Gasteiger partial charge is 0.466 e. The Balaban J connectivity index is 1.31. The van der Waals surface area contributed by atoms with E-state index in [0.717, 1.165) is 37.0 Å². The molecule has 6 fully saturated rings. The second kappa shape index (κ2) is 7.32. The van der Waals surface area contributed by atoms with Gasteiger partial charge in [0.15, 0.2) is 0 Å². The smallest absolute Gasteiger partial charge is 0.335 e. The Morgan fingerprint density at radius 2 is 1.67 bits per heavy atom. The minimum Gasteiger partial charge on any atom is -0.466 e. The molecule has 4 bridgehead atoms. The summed E-state index contributed by atoms with van der Waals surface area (Å²) in [5, 5.41) is 0. The van der Waals surface area contributed by atoms with Crippen LogP contribution in [-0.4, -0.2) is 70.4 Å². The number of likely N-dealkylation sites (tertiary alicyclic amines) is 1. The number of carbonyl (C=O) groups excluding carboxylic acids is 4. The molecule has 0 aromatic heterocycles. The number of esters is 1. The van der Waals surface area contributed by atoms with Crippen LogP contribution in [0.5, 0.6) is 0 Å². The van der Waals surface area contributed by atoms with E-state index < -0.39 is 23.4 Å². The zero-order valence-electron chi connectivity index (χ0n) is 17.7. The average Bonchev–Trinajstić information content (AvgIpc) is 2.91. The molecule has 2 heterocycles. The molecule has 2 aliphatic heterocycles. The van der Waals surface area contributed by atoms with E-state index in [0.29, 0.717) is 37.5 Å². The average molecular weight is 418 g/mol. The van der Waals surface area contributed by atoms with Crippen molar-refractivity contribution in [1.29, 1.82) is 0 Å². The number of rotatable bonds is 5. The Morgan fingerprint density at radius 1 is 1.03 bits per heavy atom.